The quantitative estimate of drug-likeness (QED) is 0.616. The molecule has 0 aliphatic carbocycles. The van der Waals surface area contributed by atoms with Gasteiger partial charge in [-0.25, -0.2) is 9.36 Å². The fourth-order valence-corrected chi connectivity index (χ4v) is 3.48. The fraction of sp³-hybridized carbons (Fsp3) is 0.333. The molecule has 2 N–H and O–H groups in total. The van der Waals surface area contributed by atoms with E-state index in [2.05, 4.69) is 9.69 Å². The first-order valence-corrected chi connectivity index (χ1v) is 9.32. The molecule has 2 heterocycles. The highest BCUT2D eigenvalue weighted by molar-refractivity contribution is 7.13. The van der Waals surface area contributed by atoms with Crippen molar-refractivity contribution in [1.82, 2.24) is 18.8 Å². The summed E-state index contributed by atoms with van der Waals surface area (Å²) >= 11 is 1.10. The maximum absolute atomic E-state index is 13.6. The highest BCUT2D eigenvalue weighted by atomic mass is 32.1. The minimum atomic E-state index is -0.937. The Hall–Kier alpha value is -2.85. The van der Waals surface area contributed by atoms with E-state index in [1.165, 1.54) is 19.2 Å². The molecule has 0 aliphatic rings. The van der Waals surface area contributed by atoms with Crippen LogP contribution < -0.4 is 16.6 Å². The van der Waals surface area contributed by atoms with E-state index in [-0.39, 0.29) is 23.9 Å². The molecule has 0 saturated heterocycles. The SMILES string of the molecule is CC(C)C(CO)NC(=O)c1nsc2ccc(-n3c(=O)cc(F)n(C)c3=O)cc12. The van der Waals surface area contributed by atoms with Gasteiger partial charge in [-0.1, -0.05) is 13.8 Å². The maximum Gasteiger partial charge on any atom is 0.337 e. The number of amides is 1. The number of halogens is 1. The van der Waals surface area contributed by atoms with Crippen LogP contribution >= 0.6 is 11.5 Å². The molecule has 0 bridgehead atoms. The van der Waals surface area contributed by atoms with E-state index in [0.717, 1.165) is 26.7 Å². The van der Waals surface area contributed by atoms with Gasteiger partial charge < -0.3 is 10.4 Å². The molecule has 0 radical (unpaired) electrons. The predicted octanol–water partition coefficient (Wildman–Crippen LogP) is 1.03. The number of aromatic nitrogens is 3. The summed E-state index contributed by atoms with van der Waals surface area (Å²) < 4.78 is 20.0. The standard InChI is InChI=1S/C18H19FN4O4S/c1-9(2)12(8-24)20-17(26)16-11-6-10(4-5-13(11)28-21-16)23-15(25)7-14(19)22(3)18(23)27/h4-7,9,12,24H,8H2,1-3H3,(H,20,26). The maximum atomic E-state index is 13.6. The van der Waals surface area contributed by atoms with Gasteiger partial charge in [-0.2, -0.15) is 8.76 Å². The van der Waals surface area contributed by atoms with Crippen molar-refractivity contribution in [2.45, 2.75) is 19.9 Å². The van der Waals surface area contributed by atoms with E-state index in [1.807, 2.05) is 13.8 Å². The molecule has 10 heteroatoms. The normalized spacial score (nSPS) is 12.5. The molecule has 0 spiro atoms. The summed E-state index contributed by atoms with van der Waals surface area (Å²) in [5, 5.41) is 12.6. The summed E-state index contributed by atoms with van der Waals surface area (Å²) in [6.45, 7) is 3.53. The molecule has 0 saturated carbocycles. The van der Waals surface area contributed by atoms with Gasteiger partial charge in [-0.05, 0) is 35.6 Å². The second kappa shape index (κ2) is 7.64. The van der Waals surface area contributed by atoms with Crippen LogP contribution in [0.3, 0.4) is 0 Å². The highest BCUT2D eigenvalue weighted by Crippen LogP contribution is 2.25. The van der Waals surface area contributed by atoms with Gasteiger partial charge >= 0.3 is 5.69 Å². The number of hydrogen-bond donors (Lipinski definition) is 2. The van der Waals surface area contributed by atoms with Crippen LogP contribution in [0.25, 0.3) is 15.8 Å². The van der Waals surface area contributed by atoms with Crippen LogP contribution in [0, 0.1) is 11.9 Å². The van der Waals surface area contributed by atoms with E-state index in [0.29, 0.717) is 10.1 Å². The zero-order chi connectivity index (χ0) is 20.6. The molecule has 28 heavy (non-hydrogen) atoms. The number of hydrogen-bond acceptors (Lipinski definition) is 6. The summed E-state index contributed by atoms with van der Waals surface area (Å²) in [6.07, 6.45) is 0. The zero-order valence-electron chi connectivity index (χ0n) is 15.5. The first-order chi connectivity index (χ1) is 13.2. The van der Waals surface area contributed by atoms with Crippen LogP contribution in [0.2, 0.25) is 0 Å². The van der Waals surface area contributed by atoms with Crippen LogP contribution in [0.5, 0.6) is 0 Å². The first kappa shape index (κ1) is 19.9. The topological polar surface area (TPSA) is 106 Å². The second-order valence-corrected chi connectivity index (χ2v) is 7.51. The van der Waals surface area contributed by atoms with E-state index >= 15 is 0 Å². The van der Waals surface area contributed by atoms with E-state index in [1.54, 1.807) is 6.07 Å². The van der Waals surface area contributed by atoms with Gasteiger partial charge in [-0.15, -0.1) is 0 Å². The van der Waals surface area contributed by atoms with E-state index < -0.39 is 29.1 Å². The molecule has 148 valence electrons. The Morgan fingerprint density at radius 1 is 1.32 bits per heavy atom. The fourth-order valence-electron chi connectivity index (χ4n) is 2.73. The van der Waals surface area contributed by atoms with Gasteiger partial charge in [0.15, 0.2) is 0 Å². The molecule has 3 aromatic rings. The van der Waals surface area contributed by atoms with Gasteiger partial charge in [0.05, 0.1) is 29.1 Å². The minimum absolute atomic E-state index is 0.0234. The van der Waals surface area contributed by atoms with Crippen LogP contribution in [0.1, 0.15) is 24.3 Å². The summed E-state index contributed by atoms with van der Waals surface area (Å²) in [5.74, 6) is -1.38. The van der Waals surface area contributed by atoms with E-state index in [9.17, 15) is 23.9 Å². The average molecular weight is 406 g/mol. The Balaban J connectivity index is 2.10. The average Bonchev–Trinajstić information content (AvgIpc) is 3.07. The zero-order valence-corrected chi connectivity index (χ0v) is 16.3. The Morgan fingerprint density at radius 2 is 2.04 bits per heavy atom. The number of nitrogens with zero attached hydrogens (tertiary/aromatic N) is 3. The lowest BCUT2D eigenvalue weighted by Gasteiger charge is -2.19. The van der Waals surface area contributed by atoms with Crippen molar-refractivity contribution in [3.8, 4) is 5.69 Å². The summed E-state index contributed by atoms with van der Waals surface area (Å²) in [5.41, 5.74) is -1.31. The Labute approximate surface area is 163 Å². The van der Waals surface area contributed by atoms with Gasteiger partial charge in [0.1, 0.15) is 5.69 Å². The lowest BCUT2D eigenvalue weighted by Crippen LogP contribution is -2.41. The van der Waals surface area contributed by atoms with Crippen molar-refractivity contribution in [3.05, 3.63) is 56.7 Å². The van der Waals surface area contributed by atoms with Crippen molar-refractivity contribution in [2.75, 3.05) is 6.61 Å². The highest BCUT2D eigenvalue weighted by Gasteiger charge is 2.21. The molecule has 2 aromatic heterocycles. The second-order valence-electron chi connectivity index (χ2n) is 6.70. The summed E-state index contributed by atoms with van der Waals surface area (Å²) in [4.78, 5) is 37.1. The monoisotopic (exact) mass is 406 g/mol. The number of carbonyl (C=O) groups excluding carboxylic acids is 1. The summed E-state index contributed by atoms with van der Waals surface area (Å²) in [6, 6.07) is 4.96. The van der Waals surface area contributed by atoms with Crippen molar-refractivity contribution in [3.63, 3.8) is 0 Å². The number of fused-ring (bicyclic) bond motifs is 1. The lowest BCUT2D eigenvalue weighted by atomic mass is 10.1. The summed E-state index contributed by atoms with van der Waals surface area (Å²) in [7, 11) is 1.22. The largest absolute Gasteiger partial charge is 0.394 e. The number of aliphatic hydroxyl groups is 1. The number of carbonyl (C=O) groups is 1. The van der Waals surface area contributed by atoms with Crippen LogP contribution in [-0.2, 0) is 7.05 Å². The Kier molecular flexibility index (Phi) is 5.43. The van der Waals surface area contributed by atoms with Crippen molar-refractivity contribution >= 4 is 27.5 Å². The number of rotatable bonds is 5. The first-order valence-electron chi connectivity index (χ1n) is 8.54. The van der Waals surface area contributed by atoms with E-state index in [4.69, 9.17) is 0 Å². The minimum Gasteiger partial charge on any atom is -0.394 e. The van der Waals surface area contributed by atoms with Gasteiger partial charge in [0.2, 0.25) is 5.95 Å². The molecule has 0 aliphatic heterocycles. The van der Waals surface area contributed by atoms with Gasteiger partial charge in [0.25, 0.3) is 11.5 Å². The molecular formula is C18H19FN4O4S. The third-order valence-electron chi connectivity index (χ3n) is 4.51. The molecule has 8 nitrogen and oxygen atoms in total. The van der Waals surface area contributed by atoms with Crippen molar-refractivity contribution in [2.24, 2.45) is 13.0 Å². The number of benzene rings is 1. The molecule has 3 rings (SSSR count). The lowest BCUT2D eigenvalue weighted by molar-refractivity contribution is 0.0894. The molecule has 1 atom stereocenters. The Morgan fingerprint density at radius 3 is 2.68 bits per heavy atom. The van der Waals surface area contributed by atoms with Gasteiger partial charge in [0, 0.05) is 12.4 Å². The third-order valence-corrected chi connectivity index (χ3v) is 5.33. The molecular weight excluding hydrogens is 387 g/mol. The molecule has 1 aromatic carbocycles. The van der Waals surface area contributed by atoms with Gasteiger partial charge in [-0.3, -0.25) is 14.2 Å². The number of aliphatic hydroxyl groups excluding tert-OH is 1. The molecule has 1 amide bonds. The Bertz CT molecular complexity index is 1160. The van der Waals surface area contributed by atoms with Crippen molar-refractivity contribution in [1.29, 1.82) is 0 Å². The molecule has 0 fully saturated rings. The van der Waals surface area contributed by atoms with Crippen molar-refractivity contribution < 1.29 is 14.3 Å². The predicted molar refractivity (Wildman–Crippen MR) is 104 cm³/mol. The van der Waals surface area contributed by atoms with Crippen LogP contribution in [-0.4, -0.2) is 37.2 Å². The van der Waals surface area contributed by atoms with Crippen LogP contribution in [0.4, 0.5) is 4.39 Å². The smallest absolute Gasteiger partial charge is 0.337 e. The number of nitrogens with one attached hydrogen (secondary N) is 1. The molecule has 1 unspecified atom stereocenters. The van der Waals surface area contributed by atoms with Crippen LogP contribution in [0.15, 0.2) is 33.9 Å². The third kappa shape index (κ3) is 3.48.